The summed E-state index contributed by atoms with van der Waals surface area (Å²) in [4.78, 5) is 22.4. The summed E-state index contributed by atoms with van der Waals surface area (Å²) < 4.78 is 12.6. The molecule has 3 rings (SSSR count). The highest BCUT2D eigenvalue weighted by Gasteiger charge is 2.18. The van der Waals surface area contributed by atoms with E-state index in [1.54, 1.807) is 42.0 Å². The van der Waals surface area contributed by atoms with Gasteiger partial charge in [0.15, 0.2) is 5.65 Å². The standard InChI is InChI=1S/C26H30N6O3/c1-5-8-20(9-6-2)35-21-13-11-19(12-14-21)24-23-25(27)28-18-29-26(23)32(30-24)16-15-31(3)22(33)10-7-17-34-4/h5-14,18H,1,15-17H2,2-4H3,(H2,27,28,29)/b9-6-,10-7+,20-8+. The van der Waals surface area contributed by atoms with Crippen LogP contribution in [-0.2, 0) is 16.1 Å². The number of nitrogens with zero attached hydrogens (tertiary/aromatic N) is 5. The summed E-state index contributed by atoms with van der Waals surface area (Å²) in [5.41, 5.74) is 8.31. The zero-order chi connectivity index (χ0) is 25.2. The van der Waals surface area contributed by atoms with Crippen LogP contribution >= 0.6 is 0 Å². The van der Waals surface area contributed by atoms with Gasteiger partial charge in [-0.3, -0.25) is 4.79 Å². The molecule has 1 aromatic carbocycles. The lowest BCUT2D eigenvalue weighted by Crippen LogP contribution is -2.29. The van der Waals surface area contributed by atoms with Crippen molar-refractivity contribution in [2.24, 2.45) is 0 Å². The number of hydrogen-bond donors (Lipinski definition) is 1. The van der Waals surface area contributed by atoms with Crippen LogP contribution < -0.4 is 10.5 Å². The first kappa shape index (κ1) is 25.4. The molecule has 0 bridgehead atoms. The van der Waals surface area contributed by atoms with Crippen molar-refractivity contribution in [1.29, 1.82) is 0 Å². The van der Waals surface area contributed by atoms with Gasteiger partial charge < -0.3 is 20.1 Å². The second kappa shape index (κ2) is 12.3. The maximum Gasteiger partial charge on any atom is 0.246 e. The molecule has 0 atom stereocenters. The Kier molecular flexibility index (Phi) is 8.91. The predicted octanol–water partition coefficient (Wildman–Crippen LogP) is 3.76. The highest BCUT2D eigenvalue weighted by molar-refractivity contribution is 5.98. The van der Waals surface area contributed by atoms with Gasteiger partial charge in [0.05, 0.1) is 18.5 Å². The first-order valence-corrected chi connectivity index (χ1v) is 11.1. The molecule has 0 saturated carbocycles. The Balaban J connectivity index is 1.85. The fraction of sp³-hybridized carbons (Fsp3) is 0.231. The fourth-order valence-electron chi connectivity index (χ4n) is 3.34. The van der Waals surface area contributed by atoms with Gasteiger partial charge in [0.2, 0.25) is 5.91 Å². The molecule has 3 aromatic rings. The molecule has 2 N–H and O–H groups in total. The molecular weight excluding hydrogens is 444 g/mol. The summed E-state index contributed by atoms with van der Waals surface area (Å²) in [6, 6.07) is 7.54. The van der Waals surface area contributed by atoms with Crippen molar-refractivity contribution >= 4 is 22.8 Å². The highest BCUT2D eigenvalue weighted by atomic mass is 16.5. The minimum atomic E-state index is -0.119. The van der Waals surface area contributed by atoms with Crippen molar-refractivity contribution in [1.82, 2.24) is 24.6 Å². The van der Waals surface area contributed by atoms with Crippen LogP contribution in [0.4, 0.5) is 5.82 Å². The normalized spacial score (nSPS) is 12.0. The Morgan fingerprint density at radius 2 is 2.00 bits per heavy atom. The number of rotatable bonds is 11. The zero-order valence-corrected chi connectivity index (χ0v) is 20.2. The number of amides is 1. The number of ether oxygens (including phenoxy) is 2. The highest BCUT2D eigenvalue weighted by Crippen LogP contribution is 2.31. The summed E-state index contributed by atoms with van der Waals surface area (Å²) in [7, 11) is 3.31. The molecule has 2 aromatic heterocycles. The number of carbonyl (C=O) groups excluding carboxylic acids is 1. The maximum absolute atomic E-state index is 12.3. The molecule has 0 aliphatic carbocycles. The van der Waals surface area contributed by atoms with Crippen LogP contribution in [0.5, 0.6) is 5.75 Å². The van der Waals surface area contributed by atoms with Gasteiger partial charge in [-0.05, 0) is 43.3 Å². The second-order valence-corrected chi connectivity index (χ2v) is 7.58. The molecule has 0 unspecified atom stereocenters. The van der Waals surface area contributed by atoms with E-state index in [-0.39, 0.29) is 5.91 Å². The van der Waals surface area contributed by atoms with Crippen molar-refractivity contribution in [3.05, 3.63) is 79.4 Å². The predicted molar refractivity (Wildman–Crippen MR) is 138 cm³/mol. The van der Waals surface area contributed by atoms with Crippen LogP contribution in [0.25, 0.3) is 22.3 Å². The summed E-state index contributed by atoms with van der Waals surface area (Å²) in [6.45, 7) is 6.89. The van der Waals surface area contributed by atoms with Gasteiger partial charge >= 0.3 is 0 Å². The molecule has 0 radical (unpaired) electrons. The average Bonchev–Trinajstić information content (AvgIpc) is 3.23. The molecule has 0 aliphatic heterocycles. The van der Waals surface area contributed by atoms with E-state index in [1.165, 1.54) is 12.4 Å². The Morgan fingerprint density at radius 3 is 2.69 bits per heavy atom. The van der Waals surface area contributed by atoms with Gasteiger partial charge in [-0.25, -0.2) is 14.6 Å². The summed E-state index contributed by atoms with van der Waals surface area (Å²) in [5.74, 6) is 1.58. The van der Waals surface area contributed by atoms with E-state index in [1.807, 2.05) is 43.3 Å². The van der Waals surface area contributed by atoms with E-state index >= 15 is 0 Å². The third-order valence-electron chi connectivity index (χ3n) is 5.08. The van der Waals surface area contributed by atoms with Gasteiger partial charge in [0.25, 0.3) is 0 Å². The minimum absolute atomic E-state index is 0.119. The SMILES string of the molecule is C=C/C=C(\C=C/C)Oc1ccc(-c2nn(CCN(C)C(=O)/C=C/COC)c3ncnc(N)c23)cc1. The van der Waals surface area contributed by atoms with Gasteiger partial charge in [0, 0.05) is 32.3 Å². The number of anilines is 1. The number of nitrogens with two attached hydrogens (primary N) is 1. The number of nitrogen functional groups attached to an aromatic ring is 1. The first-order valence-electron chi connectivity index (χ1n) is 11.1. The Hall–Kier alpha value is -4.24. The molecule has 1 amide bonds. The van der Waals surface area contributed by atoms with E-state index < -0.39 is 0 Å². The van der Waals surface area contributed by atoms with Crippen molar-refractivity contribution in [3.8, 4) is 17.0 Å². The smallest absolute Gasteiger partial charge is 0.246 e. The van der Waals surface area contributed by atoms with E-state index in [2.05, 4.69) is 16.5 Å². The number of benzene rings is 1. The van der Waals surface area contributed by atoms with Crippen LogP contribution in [0.3, 0.4) is 0 Å². The number of fused-ring (bicyclic) bond motifs is 1. The Bertz CT molecular complexity index is 1260. The van der Waals surface area contributed by atoms with Crippen molar-refractivity contribution in [2.75, 3.05) is 33.0 Å². The van der Waals surface area contributed by atoms with E-state index in [9.17, 15) is 4.79 Å². The van der Waals surface area contributed by atoms with Crippen LogP contribution in [0.2, 0.25) is 0 Å². The van der Waals surface area contributed by atoms with Gasteiger partial charge in [-0.2, -0.15) is 5.10 Å². The summed E-state index contributed by atoms with van der Waals surface area (Å²) in [6.07, 6.45) is 11.8. The number of allylic oxidation sites excluding steroid dienone is 4. The fourth-order valence-corrected chi connectivity index (χ4v) is 3.34. The first-order chi connectivity index (χ1) is 17.0. The van der Waals surface area contributed by atoms with Crippen molar-refractivity contribution in [3.63, 3.8) is 0 Å². The lowest BCUT2D eigenvalue weighted by molar-refractivity contribution is -0.124. The van der Waals surface area contributed by atoms with E-state index in [0.29, 0.717) is 53.8 Å². The van der Waals surface area contributed by atoms with Crippen LogP contribution in [0.1, 0.15) is 6.92 Å². The van der Waals surface area contributed by atoms with E-state index in [4.69, 9.17) is 20.3 Å². The summed E-state index contributed by atoms with van der Waals surface area (Å²) >= 11 is 0. The van der Waals surface area contributed by atoms with Gasteiger partial charge in [0.1, 0.15) is 29.3 Å². The van der Waals surface area contributed by atoms with E-state index in [0.717, 1.165) is 5.56 Å². The third-order valence-corrected chi connectivity index (χ3v) is 5.08. The maximum atomic E-state index is 12.3. The lowest BCUT2D eigenvalue weighted by Gasteiger charge is -2.15. The molecule has 0 fully saturated rings. The zero-order valence-electron chi connectivity index (χ0n) is 20.2. The van der Waals surface area contributed by atoms with Gasteiger partial charge in [-0.15, -0.1) is 0 Å². The molecule has 2 heterocycles. The molecule has 182 valence electrons. The topological polar surface area (TPSA) is 108 Å². The molecule has 9 heteroatoms. The quantitative estimate of drug-likeness (QED) is 0.256. The minimum Gasteiger partial charge on any atom is -0.457 e. The second-order valence-electron chi connectivity index (χ2n) is 7.58. The molecular formula is C26H30N6O3. The number of hydrogen-bond acceptors (Lipinski definition) is 7. The summed E-state index contributed by atoms with van der Waals surface area (Å²) in [5, 5.41) is 5.42. The number of likely N-dealkylation sites (N-methyl/N-ethyl adjacent to an activating group) is 1. The molecule has 35 heavy (non-hydrogen) atoms. The average molecular weight is 475 g/mol. The van der Waals surface area contributed by atoms with Crippen LogP contribution in [-0.4, -0.2) is 57.9 Å². The Morgan fingerprint density at radius 1 is 1.23 bits per heavy atom. The van der Waals surface area contributed by atoms with Crippen molar-refractivity contribution < 1.29 is 14.3 Å². The van der Waals surface area contributed by atoms with Gasteiger partial charge in [-0.1, -0.05) is 24.8 Å². The lowest BCUT2D eigenvalue weighted by atomic mass is 10.1. The number of aromatic nitrogens is 4. The molecule has 0 spiro atoms. The Labute approximate surface area is 204 Å². The van der Waals surface area contributed by atoms with Crippen LogP contribution in [0.15, 0.2) is 79.4 Å². The monoisotopic (exact) mass is 474 g/mol. The number of carbonyl (C=O) groups is 1. The largest absolute Gasteiger partial charge is 0.457 e. The third kappa shape index (κ3) is 6.42. The molecule has 0 aliphatic rings. The van der Waals surface area contributed by atoms with Crippen LogP contribution in [0, 0.1) is 0 Å². The molecule has 0 saturated heterocycles. The van der Waals surface area contributed by atoms with Crippen molar-refractivity contribution in [2.45, 2.75) is 13.5 Å². The number of methoxy groups -OCH3 is 1. The molecule has 9 nitrogen and oxygen atoms in total.